The van der Waals surface area contributed by atoms with Gasteiger partial charge in [0.05, 0.1) is 0 Å². The van der Waals surface area contributed by atoms with Crippen LogP contribution < -0.4 is 5.32 Å². The van der Waals surface area contributed by atoms with Gasteiger partial charge in [-0.05, 0) is 54.4 Å². The van der Waals surface area contributed by atoms with E-state index in [0.717, 1.165) is 17.5 Å². The maximum Gasteiger partial charge on any atom is 0.407 e. The Morgan fingerprint density at radius 1 is 0.970 bits per heavy atom. The van der Waals surface area contributed by atoms with Crippen LogP contribution in [-0.4, -0.2) is 53.2 Å². The van der Waals surface area contributed by atoms with Gasteiger partial charge >= 0.3 is 12.1 Å². The van der Waals surface area contributed by atoms with Gasteiger partial charge in [0.2, 0.25) is 5.91 Å². The number of alkyl carbamates (subject to hydrolysis) is 1. The van der Waals surface area contributed by atoms with Crippen LogP contribution >= 0.6 is 0 Å². The summed E-state index contributed by atoms with van der Waals surface area (Å²) in [5.41, 5.74) is 4.69. The summed E-state index contributed by atoms with van der Waals surface area (Å²) in [5, 5.41) is 12.3. The zero-order valence-corrected chi connectivity index (χ0v) is 18.4. The first kappa shape index (κ1) is 21.5. The maximum atomic E-state index is 12.8. The number of fused-ring (bicyclic) bond motifs is 3. The van der Waals surface area contributed by atoms with Gasteiger partial charge in [0.1, 0.15) is 12.6 Å². The Hall–Kier alpha value is -3.35. The van der Waals surface area contributed by atoms with Gasteiger partial charge in [-0.2, -0.15) is 0 Å². The topological polar surface area (TPSA) is 95.9 Å². The lowest BCUT2D eigenvalue weighted by atomic mass is 9.98. The molecule has 0 aromatic heterocycles. The molecule has 1 aliphatic heterocycles. The first-order chi connectivity index (χ1) is 16.0. The third-order valence-electron chi connectivity index (χ3n) is 7.27. The van der Waals surface area contributed by atoms with Crippen LogP contribution in [0, 0.1) is 5.92 Å². The smallest absolute Gasteiger partial charge is 0.407 e. The number of benzene rings is 2. The van der Waals surface area contributed by atoms with Gasteiger partial charge in [-0.3, -0.25) is 4.79 Å². The summed E-state index contributed by atoms with van der Waals surface area (Å²) in [6, 6.07) is 15.5. The molecule has 172 valence electrons. The molecule has 2 aromatic carbocycles. The molecule has 0 bridgehead atoms. The van der Waals surface area contributed by atoms with Crippen molar-refractivity contribution in [3.05, 3.63) is 59.7 Å². The molecule has 3 aliphatic rings. The Morgan fingerprint density at radius 2 is 1.64 bits per heavy atom. The van der Waals surface area contributed by atoms with Gasteiger partial charge in [-0.1, -0.05) is 48.5 Å². The number of nitrogens with one attached hydrogen (secondary N) is 1. The summed E-state index contributed by atoms with van der Waals surface area (Å²) in [4.78, 5) is 38.3. The highest BCUT2D eigenvalue weighted by Crippen LogP contribution is 2.44. The molecule has 1 saturated heterocycles. The van der Waals surface area contributed by atoms with E-state index in [1.165, 1.54) is 16.0 Å². The molecule has 2 N–H and O–H groups in total. The lowest BCUT2D eigenvalue weighted by Gasteiger charge is -2.24. The van der Waals surface area contributed by atoms with Crippen molar-refractivity contribution in [2.45, 2.75) is 50.1 Å². The number of nitrogens with zero attached hydrogens (tertiary/aromatic N) is 1. The third-order valence-corrected chi connectivity index (χ3v) is 7.27. The third kappa shape index (κ3) is 4.08. The standard InChI is InChI=1S/C26H28N2O5/c29-24(28-13-5-10-23(28)25(30)31)16-11-12-17(14-16)27-26(32)33-15-22-20-8-3-1-6-18(20)19-7-2-4-9-21(19)22/h1-4,6-9,16-17,22-23H,5,10-15H2,(H,27,32)(H,30,31)/t16?,17?,23-/m1/s1. The molecule has 0 radical (unpaired) electrons. The zero-order valence-electron chi connectivity index (χ0n) is 18.4. The molecule has 2 amide bonds. The van der Waals surface area contributed by atoms with Gasteiger partial charge < -0.3 is 20.1 Å². The van der Waals surface area contributed by atoms with Crippen molar-refractivity contribution < 1.29 is 24.2 Å². The van der Waals surface area contributed by atoms with E-state index in [4.69, 9.17) is 4.74 Å². The number of carboxylic acid groups (broad SMARTS) is 1. The van der Waals surface area contributed by atoms with E-state index in [0.29, 0.717) is 32.2 Å². The summed E-state index contributed by atoms with van der Waals surface area (Å²) in [6.07, 6.45) is 2.61. The Labute approximate surface area is 192 Å². The van der Waals surface area contributed by atoms with E-state index in [1.807, 2.05) is 24.3 Å². The summed E-state index contributed by atoms with van der Waals surface area (Å²) in [5.74, 6) is -1.28. The second-order valence-electron chi connectivity index (χ2n) is 9.20. The van der Waals surface area contributed by atoms with Gasteiger partial charge in [0.25, 0.3) is 0 Å². The number of carbonyl (C=O) groups excluding carboxylic acids is 2. The lowest BCUT2D eigenvalue weighted by Crippen LogP contribution is -2.43. The lowest BCUT2D eigenvalue weighted by molar-refractivity contribution is -0.149. The maximum absolute atomic E-state index is 12.8. The minimum Gasteiger partial charge on any atom is -0.480 e. The molecule has 2 aliphatic carbocycles. The molecular formula is C26H28N2O5. The minimum atomic E-state index is -0.938. The van der Waals surface area contributed by atoms with Crippen LogP contribution in [0.25, 0.3) is 11.1 Å². The van der Waals surface area contributed by atoms with Crippen LogP contribution in [0.3, 0.4) is 0 Å². The Bertz CT molecular complexity index is 1040. The fraction of sp³-hybridized carbons (Fsp3) is 0.423. The fourth-order valence-corrected chi connectivity index (χ4v) is 5.67. The van der Waals surface area contributed by atoms with Crippen LogP contribution in [0.5, 0.6) is 0 Å². The number of carboxylic acids is 1. The van der Waals surface area contributed by atoms with Gasteiger partial charge in [-0.15, -0.1) is 0 Å². The van der Waals surface area contributed by atoms with Crippen molar-refractivity contribution in [1.29, 1.82) is 0 Å². The summed E-state index contributed by atoms with van der Waals surface area (Å²) in [6.45, 7) is 0.750. The molecule has 2 aromatic rings. The van der Waals surface area contributed by atoms with E-state index in [9.17, 15) is 19.5 Å². The highest BCUT2D eigenvalue weighted by Gasteiger charge is 2.40. The molecule has 3 atom stereocenters. The first-order valence-electron chi connectivity index (χ1n) is 11.7. The molecule has 5 rings (SSSR count). The van der Waals surface area contributed by atoms with E-state index in [2.05, 4.69) is 29.6 Å². The van der Waals surface area contributed by atoms with Gasteiger partial charge in [0.15, 0.2) is 0 Å². The second kappa shape index (κ2) is 8.89. The van der Waals surface area contributed by atoms with Crippen molar-refractivity contribution in [2.75, 3.05) is 13.2 Å². The molecule has 7 nitrogen and oxygen atoms in total. The number of amides is 2. The quantitative estimate of drug-likeness (QED) is 0.726. The van der Waals surface area contributed by atoms with Crippen molar-refractivity contribution in [3.8, 4) is 11.1 Å². The number of carbonyl (C=O) groups is 3. The SMILES string of the molecule is O=C(NC1CCC(C(=O)N2CCC[C@@H]2C(=O)O)C1)OCC1c2ccccc2-c2ccccc21. The summed E-state index contributed by atoms with van der Waals surface area (Å²) < 4.78 is 5.62. The average Bonchev–Trinajstić information content (AvgIpc) is 3.55. The molecular weight excluding hydrogens is 420 g/mol. The number of hydrogen-bond donors (Lipinski definition) is 2. The van der Waals surface area contributed by atoms with Gasteiger partial charge in [-0.25, -0.2) is 9.59 Å². The normalized spacial score (nSPS) is 23.8. The Balaban J connectivity index is 1.16. The van der Waals surface area contributed by atoms with Crippen LogP contribution in [0.2, 0.25) is 0 Å². The highest BCUT2D eigenvalue weighted by atomic mass is 16.5. The number of aliphatic carboxylic acids is 1. The zero-order chi connectivity index (χ0) is 22.9. The van der Waals surface area contributed by atoms with E-state index in [1.54, 1.807) is 0 Å². The number of likely N-dealkylation sites (tertiary alicyclic amines) is 1. The molecule has 33 heavy (non-hydrogen) atoms. The number of hydrogen-bond acceptors (Lipinski definition) is 4. The van der Waals surface area contributed by atoms with E-state index < -0.39 is 18.1 Å². The second-order valence-corrected chi connectivity index (χ2v) is 9.20. The molecule has 1 heterocycles. The monoisotopic (exact) mass is 448 g/mol. The predicted octanol–water partition coefficient (Wildman–Crippen LogP) is 3.77. The van der Waals surface area contributed by atoms with Crippen LogP contribution in [-0.2, 0) is 14.3 Å². The summed E-state index contributed by atoms with van der Waals surface area (Å²) >= 11 is 0. The first-order valence-corrected chi connectivity index (χ1v) is 11.7. The predicted molar refractivity (Wildman–Crippen MR) is 122 cm³/mol. The van der Waals surface area contributed by atoms with Crippen molar-refractivity contribution in [2.24, 2.45) is 5.92 Å². The van der Waals surface area contributed by atoms with Gasteiger partial charge in [0, 0.05) is 24.4 Å². The molecule has 2 unspecified atom stereocenters. The van der Waals surface area contributed by atoms with Crippen molar-refractivity contribution >= 4 is 18.0 Å². The highest BCUT2D eigenvalue weighted by molar-refractivity contribution is 5.86. The minimum absolute atomic E-state index is 0.00386. The van der Waals surface area contributed by atoms with E-state index >= 15 is 0 Å². The molecule has 2 fully saturated rings. The van der Waals surface area contributed by atoms with Crippen LogP contribution in [0.1, 0.15) is 49.1 Å². The molecule has 0 spiro atoms. The number of ether oxygens (including phenoxy) is 1. The summed E-state index contributed by atoms with van der Waals surface area (Å²) in [7, 11) is 0. The van der Waals surface area contributed by atoms with Crippen molar-refractivity contribution in [3.63, 3.8) is 0 Å². The number of rotatable bonds is 5. The Morgan fingerprint density at radius 3 is 2.30 bits per heavy atom. The molecule has 7 heteroatoms. The van der Waals surface area contributed by atoms with E-state index in [-0.39, 0.29) is 30.4 Å². The molecule has 1 saturated carbocycles. The van der Waals surface area contributed by atoms with Crippen LogP contribution in [0.4, 0.5) is 4.79 Å². The van der Waals surface area contributed by atoms with Crippen molar-refractivity contribution in [1.82, 2.24) is 10.2 Å². The largest absolute Gasteiger partial charge is 0.480 e. The van der Waals surface area contributed by atoms with Crippen LogP contribution in [0.15, 0.2) is 48.5 Å². The fourth-order valence-electron chi connectivity index (χ4n) is 5.67. The average molecular weight is 449 g/mol. The Kier molecular flexibility index (Phi) is 5.79.